The van der Waals surface area contributed by atoms with Crippen molar-refractivity contribution in [3.63, 3.8) is 0 Å². The van der Waals surface area contributed by atoms with E-state index in [1.165, 1.54) is 17.1 Å². The van der Waals surface area contributed by atoms with Crippen LogP contribution in [0.4, 0.5) is 4.79 Å². The van der Waals surface area contributed by atoms with Gasteiger partial charge >= 0.3 is 12.0 Å². The van der Waals surface area contributed by atoms with E-state index in [9.17, 15) is 9.59 Å². The number of amides is 2. The molecule has 0 bridgehead atoms. The van der Waals surface area contributed by atoms with Crippen LogP contribution in [0.1, 0.15) is 24.4 Å². The van der Waals surface area contributed by atoms with Crippen LogP contribution in [0.2, 0.25) is 0 Å². The van der Waals surface area contributed by atoms with E-state index in [4.69, 9.17) is 9.52 Å². The van der Waals surface area contributed by atoms with Crippen LogP contribution in [0.25, 0.3) is 0 Å². The highest BCUT2D eigenvalue weighted by molar-refractivity contribution is 5.74. The minimum absolute atomic E-state index is 0.149. The van der Waals surface area contributed by atoms with Gasteiger partial charge in [0.2, 0.25) is 0 Å². The molecule has 21 heavy (non-hydrogen) atoms. The molecule has 1 unspecified atom stereocenters. The van der Waals surface area contributed by atoms with Gasteiger partial charge in [-0.1, -0.05) is 5.21 Å². The first-order valence-corrected chi connectivity index (χ1v) is 6.23. The molecule has 9 heteroatoms. The highest BCUT2D eigenvalue weighted by Crippen LogP contribution is 2.11. The molecule has 0 spiro atoms. The minimum atomic E-state index is -1.01. The van der Waals surface area contributed by atoms with E-state index >= 15 is 0 Å². The van der Waals surface area contributed by atoms with E-state index in [1.807, 2.05) is 0 Å². The fourth-order valence-electron chi connectivity index (χ4n) is 1.66. The van der Waals surface area contributed by atoms with Crippen LogP contribution in [0.3, 0.4) is 0 Å². The Kier molecular flexibility index (Phi) is 4.54. The molecule has 0 aliphatic carbocycles. The number of rotatable bonds is 6. The molecule has 0 saturated heterocycles. The van der Waals surface area contributed by atoms with Crippen LogP contribution >= 0.6 is 0 Å². The third kappa shape index (κ3) is 4.34. The zero-order valence-electron chi connectivity index (χ0n) is 11.3. The Morgan fingerprint density at radius 3 is 3.00 bits per heavy atom. The molecule has 0 radical (unpaired) electrons. The smallest absolute Gasteiger partial charge is 0.325 e. The lowest BCUT2D eigenvalue weighted by Crippen LogP contribution is -2.36. The maximum atomic E-state index is 11.7. The van der Waals surface area contributed by atoms with Gasteiger partial charge in [-0.2, -0.15) is 0 Å². The zero-order valence-corrected chi connectivity index (χ0v) is 11.3. The highest BCUT2D eigenvalue weighted by atomic mass is 16.4. The summed E-state index contributed by atoms with van der Waals surface area (Å²) >= 11 is 0. The topological polar surface area (TPSA) is 122 Å². The summed E-state index contributed by atoms with van der Waals surface area (Å²) in [7, 11) is 0. The number of hydrogen-bond donors (Lipinski definition) is 3. The predicted molar refractivity (Wildman–Crippen MR) is 70.2 cm³/mol. The second-order valence-electron chi connectivity index (χ2n) is 4.37. The van der Waals surface area contributed by atoms with Crippen LogP contribution < -0.4 is 10.6 Å². The van der Waals surface area contributed by atoms with Crippen molar-refractivity contribution in [2.24, 2.45) is 0 Å². The van der Waals surface area contributed by atoms with E-state index < -0.39 is 5.97 Å². The van der Waals surface area contributed by atoms with Crippen LogP contribution in [0, 0.1) is 0 Å². The van der Waals surface area contributed by atoms with E-state index in [0.717, 1.165) is 0 Å². The summed E-state index contributed by atoms with van der Waals surface area (Å²) in [5, 5.41) is 21.3. The summed E-state index contributed by atoms with van der Waals surface area (Å²) in [6, 6.07) is 2.86. The Morgan fingerprint density at radius 2 is 2.33 bits per heavy atom. The molecule has 112 valence electrons. The van der Waals surface area contributed by atoms with Gasteiger partial charge in [0.05, 0.1) is 25.0 Å². The average Bonchev–Trinajstić information content (AvgIpc) is 3.06. The fourth-order valence-corrected chi connectivity index (χ4v) is 1.66. The lowest BCUT2D eigenvalue weighted by molar-refractivity contribution is -0.137. The number of nitrogens with zero attached hydrogens (tertiary/aromatic N) is 3. The van der Waals surface area contributed by atoms with Gasteiger partial charge in [-0.3, -0.25) is 4.79 Å². The number of carbonyl (C=O) groups is 2. The van der Waals surface area contributed by atoms with Crippen LogP contribution in [-0.2, 0) is 17.9 Å². The van der Waals surface area contributed by atoms with Crippen molar-refractivity contribution in [3.05, 3.63) is 36.0 Å². The van der Waals surface area contributed by atoms with Gasteiger partial charge in [0.1, 0.15) is 18.0 Å². The molecule has 0 saturated carbocycles. The fraction of sp³-hybridized carbons (Fsp3) is 0.333. The number of aliphatic carboxylic acids is 1. The quantitative estimate of drug-likeness (QED) is 0.713. The van der Waals surface area contributed by atoms with Gasteiger partial charge in [-0.05, 0) is 19.1 Å². The third-order valence-corrected chi connectivity index (χ3v) is 2.63. The van der Waals surface area contributed by atoms with Gasteiger partial charge in [-0.15, -0.1) is 5.10 Å². The van der Waals surface area contributed by atoms with Crippen molar-refractivity contribution in [1.82, 2.24) is 25.6 Å². The van der Waals surface area contributed by atoms with Crippen LogP contribution in [0.5, 0.6) is 0 Å². The molecule has 2 heterocycles. The Bertz CT molecular complexity index is 607. The maximum Gasteiger partial charge on any atom is 0.325 e. The van der Waals surface area contributed by atoms with Gasteiger partial charge < -0.3 is 20.2 Å². The second-order valence-corrected chi connectivity index (χ2v) is 4.37. The Morgan fingerprint density at radius 1 is 1.52 bits per heavy atom. The number of furan rings is 1. The number of carbonyl (C=O) groups excluding carboxylic acids is 1. The average molecular weight is 293 g/mol. The van der Waals surface area contributed by atoms with E-state index in [-0.39, 0.29) is 25.2 Å². The standard InChI is InChI=1S/C12H15N5O4/c1-8(10-3-2-4-21-10)14-12(20)13-5-9-6-17(16-15-9)7-11(18)19/h2-4,6,8H,5,7H2,1H3,(H,18,19)(H2,13,14,20). The van der Waals surface area contributed by atoms with Crippen molar-refractivity contribution >= 4 is 12.0 Å². The van der Waals surface area contributed by atoms with Crippen LogP contribution in [-0.4, -0.2) is 32.1 Å². The number of hydrogen-bond acceptors (Lipinski definition) is 5. The monoisotopic (exact) mass is 293 g/mol. The highest BCUT2D eigenvalue weighted by Gasteiger charge is 2.12. The van der Waals surface area contributed by atoms with E-state index in [1.54, 1.807) is 19.1 Å². The van der Waals surface area contributed by atoms with Gasteiger partial charge in [-0.25, -0.2) is 9.48 Å². The molecule has 0 aromatic carbocycles. The first-order valence-electron chi connectivity index (χ1n) is 6.23. The normalized spacial score (nSPS) is 11.9. The zero-order chi connectivity index (χ0) is 15.2. The molecule has 3 N–H and O–H groups in total. The van der Waals surface area contributed by atoms with Crippen molar-refractivity contribution in [2.75, 3.05) is 0 Å². The van der Waals surface area contributed by atoms with E-state index in [2.05, 4.69) is 20.9 Å². The molecular weight excluding hydrogens is 278 g/mol. The molecule has 1 atom stereocenters. The number of nitrogens with one attached hydrogen (secondary N) is 2. The number of carboxylic acid groups (broad SMARTS) is 1. The molecule has 0 aliphatic heterocycles. The summed E-state index contributed by atoms with van der Waals surface area (Å²) in [5.41, 5.74) is 0.469. The molecular formula is C12H15N5O4. The van der Waals surface area contributed by atoms with Crippen molar-refractivity contribution in [2.45, 2.75) is 26.1 Å². The van der Waals surface area contributed by atoms with Crippen molar-refractivity contribution in [1.29, 1.82) is 0 Å². The summed E-state index contributed by atoms with van der Waals surface area (Å²) in [5.74, 6) is -0.359. The summed E-state index contributed by atoms with van der Waals surface area (Å²) in [6.45, 7) is 1.67. The Labute approximate surface area is 119 Å². The van der Waals surface area contributed by atoms with Gasteiger partial charge in [0, 0.05) is 0 Å². The molecule has 9 nitrogen and oxygen atoms in total. The largest absolute Gasteiger partial charge is 0.480 e. The summed E-state index contributed by atoms with van der Waals surface area (Å²) in [6.07, 6.45) is 3.00. The SMILES string of the molecule is CC(NC(=O)NCc1cn(CC(=O)O)nn1)c1ccco1. The van der Waals surface area contributed by atoms with Gasteiger partial charge in [0.25, 0.3) is 0 Å². The number of carboxylic acids is 1. The lowest BCUT2D eigenvalue weighted by atomic mass is 10.2. The molecule has 2 aromatic rings. The van der Waals surface area contributed by atoms with Crippen LogP contribution in [0.15, 0.2) is 29.0 Å². The molecule has 0 aliphatic rings. The van der Waals surface area contributed by atoms with Gasteiger partial charge in [0.15, 0.2) is 0 Å². The summed E-state index contributed by atoms with van der Waals surface area (Å²) in [4.78, 5) is 22.2. The van der Waals surface area contributed by atoms with Crippen molar-refractivity contribution < 1.29 is 19.1 Å². The summed E-state index contributed by atoms with van der Waals surface area (Å²) < 4.78 is 6.36. The molecule has 2 amide bonds. The minimum Gasteiger partial charge on any atom is -0.480 e. The molecule has 2 rings (SSSR count). The second kappa shape index (κ2) is 6.55. The lowest BCUT2D eigenvalue weighted by Gasteiger charge is -2.11. The third-order valence-electron chi connectivity index (χ3n) is 2.63. The Hall–Kier alpha value is -2.84. The molecule has 2 aromatic heterocycles. The Balaban J connectivity index is 1.78. The first-order chi connectivity index (χ1) is 10.0. The van der Waals surface area contributed by atoms with Crippen molar-refractivity contribution in [3.8, 4) is 0 Å². The predicted octanol–water partition coefficient (Wildman–Crippen LogP) is 0.516. The first kappa shape index (κ1) is 14.6. The number of urea groups is 1. The number of aromatic nitrogens is 3. The molecule has 0 fully saturated rings. The van der Waals surface area contributed by atoms with E-state index in [0.29, 0.717) is 11.5 Å². The maximum absolute atomic E-state index is 11.7.